The minimum atomic E-state index is -0.291. The first-order valence-corrected chi connectivity index (χ1v) is 12.1. The molecule has 4 aromatic rings. The summed E-state index contributed by atoms with van der Waals surface area (Å²) in [4.78, 5) is 24.2. The van der Waals surface area contributed by atoms with Crippen LogP contribution in [-0.2, 0) is 6.54 Å². The number of nitrogens with two attached hydrogens (primary N) is 1. The largest absolute Gasteiger partial charge is 0.508 e. The van der Waals surface area contributed by atoms with Crippen molar-refractivity contribution >= 4 is 11.6 Å². The Morgan fingerprint density at radius 3 is 2.69 bits per heavy atom. The molecule has 0 radical (unpaired) electrons. The van der Waals surface area contributed by atoms with Gasteiger partial charge in [0.2, 0.25) is 0 Å². The van der Waals surface area contributed by atoms with Gasteiger partial charge in [0.15, 0.2) is 0 Å². The summed E-state index contributed by atoms with van der Waals surface area (Å²) < 4.78 is 1.96. The van der Waals surface area contributed by atoms with E-state index in [-0.39, 0.29) is 17.7 Å². The lowest BCUT2D eigenvalue weighted by Gasteiger charge is -2.30. The smallest absolute Gasteiger partial charge is 0.274 e. The molecule has 5 rings (SSSR count). The second kappa shape index (κ2) is 10.3. The van der Waals surface area contributed by atoms with Gasteiger partial charge in [-0.15, -0.1) is 0 Å². The molecule has 8 nitrogen and oxygen atoms in total. The number of aromatic nitrogens is 3. The van der Waals surface area contributed by atoms with Gasteiger partial charge in [-0.1, -0.05) is 12.1 Å². The Morgan fingerprint density at radius 2 is 1.94 bits per heavy atom. The number of phenols is 1. The summed E-state index contributed by atoms with van der Waals surface area (Å²) >= 11 is 0. The van der Waals surface area contributed by atoms with Gasteiger partial charge >= 0.3 is 0 Å². The second-order valence-electron chi connectivity index (χ2n) is 9.38. The van der Waals surface area contributed by atoms with E-state index >= 15 is 0 Å². The highest BCUT2D eigenvalue weighted by atomic mass is 16.3. The summed E-state index contributed by atoms with van der Waals surface area (Å²) in [6.07, 6.45) is 7.51. The van der Waals surface area contributed by atoms with Crippen LogP contribution < -0.4 is 11.1 Å². The Balaban J connectivity index is 1.41. The summed E-state index contributed by atoms with van der Waals surface area (Å²) in [6.45, 7) is 4.58. The van der Waals surface area contributed by atoms with E-state index < -0.39 is 0 Å². The lowest BCUT2D eigenvalue weighted by Crippen LogP contribution is -2.42. The van der Waals surface area contributed by atoms with Gasteiger partial charge in [0.1, 0.15) is 11.4 Å². The van der Waals surface area contributed by atoms with Gasteiger partial charge in [-0.25, -0.2) is 4.98 Å². The van der Waals surface area contributed by atoms with Crippen LogP contribution >= 0.6 is 0 Å². The maximum atomic E-state index is 13.2. The number of imidazole rings is 1. The third-order valence-electron chi connectivity index (χ3n) is 6.39. The molecule has 184 valence electrons. The summed E-state index contributed by atoms with van der Waals surface area (Å²) in [5.41, 5.74) is 11.9. The van der Waals surface area contributed by atoms with Crippen molar-refractivity contribution < 1.29 is 9.90 Å². The molecule has 1 fully saturated rings. The Morgan fingerprint density at radius 1 is 1.11 bits per heavy atom. The van der Waals surface area contributed by atoms with Gasteiger partial charge < -0.3 is 20.7 Å². The van der Waals surface area contributed by atoms with Gasteiger partial charge in [0, 0.05) is 42.9 Å². The molecule has 36 heavy (non-hydrogen) atoms. The summed E-state index contributed by atoms with van der Waals surface area (Å²) in [6, 6.07) is 16.7. The highest BCUT2D eigenvalue weighted by molar-refractivity contribution is 6.03. The maximum absolute atomic E-state index is 13.2. The molecule has 1 saturated heterocycles. The molecule has 1 aliphatic rings. The fraction of sp³-hybridized carbons (Fsp3) is 0.250. The zero-order chi connectivity index (χ0) is 25.1. The Hall–Kier alpha value is -4.01. The number of piperidine rings is 1. The number of benzene rings is 2. The van der Waals surface area contributed by atoms with Gasteiger partial charge in [0.05, 0.1) is 12.0 Å². The first kappa shape index (κ1) is 23.7. The van der Waals surface area contributed by atoms with E-state index in [0.29, 0.717) is 11.4 Å². The average Bonchev–Trinajstić information content (AvgIpc) is 3.31. The number of hydrogen-bond donors (Lipinski definition) is 3. The van der Waals surface area contributed by atoms with Crippen molar-refractivity contribution in [2.24, 2.45) is 5.73 Å². The van der Waals surface area contributed by atoms with E-state index in [1.165, 1.54) is 0 Å². The monoisotopic (exact) mass is 482 g/mol. The van der Waals surface area contributed by atoms with Gasteiger partial charge in [-0.2, -0.15) is 0 Å². The summed E-state index contributed by atoms with van der Waals surface area (Å²) in [5.74, 6) is -0.0957. The molecule has 0 spiro atoms. The number of aryl methyl sites for hydroxylation is 1. The lowest BCUT2D eigenvalue weighted by atomic mass is 10.0. The number of hydrogen-bond acceptors (Lipinski definition) is 6. The number of anilines is 1. The van der Waals surface area contributed by atoms with Crippen LogP contribution in [0.15, 0.2) is 73.3 Å². The first-order valence-electron chi connectivity index (χ1n) is 12.1. The van der Waals surface area contributed by atoms with Gasteiger partial charge in [-0.05, 0) is 85.5 Å². The van der Waals surface area contributed by atoms with E-state index in [4.69, 9.17) is 5.73 Å². The fourth-order valence-electron chi connectivity index (χ4n) is 4.63. The van der Waals surface area contributed by atoms with E-state index in [0.717, 1.165) is 60.5 Å². The molecule has 0 aliphatic carbocycles. The summed E-state index contributed by atoms with van der Waals surface area (Å²) in [7, 11) is 0. The third-order valence-corrected chi connectivity index (χ3v) is 6.39. The molecule has 3 heterocycles. The minimum absolute atomic E-state index is 0.195. The molecule has 0 unspecified atom stereocenters. The van der Waals surface area contributed by atoms with Gasteiger partial charge in [0.25, 0.3) is 5.91 Å². The number of pyridine rings is 1. The van der Waals surface area contributed by atoms with E-state index in [2.05, 4.69) is 26.3 Å². The van der Waals surface area contributed by atoms with Crippen LogP contribution in [0.5, 0.6) is 5.75 Å². The summed E-state index contributed by atoms with van der Waals surface area (Å²) in [5, 5.41) is 12.6. The molecule has 1 aliphatic heterocycles. The third kappa shape index (κ3) is 5.62. The van der Waals surface area contributed by atoms with Crippen molar-refractivity contribution in [2.75, 3.05) is 18.4 Å². The standard InChI is InChI=1S/C28H30N6O2/c1-19-15-34(18-31-19)25-12-20(16-33-10-2-3-23(29)17-33)11-24(14-25)32-28(36)27-13-22(8-9-30-27)21-4-6-26(35)7-5-21/h4-9,11-15,18,23,35H,2-3,10,16-17,29H2,1H3,(H,32,36)/t23-/m0/s1. The van der Waals surface area contributed by atoms with Crippen LogP contribution in [0.25, 0.3) is 16.8 Å². The normalized spacial score (nSPS) is 16.1. The predicted octanol–water partition coefficient (Wildman–Crippen LogP) is 4.12. The molecule has 8 heteroatoms. The van der Waals surface area contributed by atoms with Crippen molar-refractivity contribution in [3.63, 3.8) is 0 Å². The van der Waals surface area contributed by atoms with Crippen LogP contribution in [0.4, 0.5) is 5.69 Å². The molecule has 0 bridgehead atoms. The lowest BCUT2D eigenvalue weighted by molar-refractivity contribution is 0.102. The van der Waals surface area contributed by atoms with Crippen LogP contribution in [0.1, 0.15) is 34.6 Å². The number of nitrogens with zero attached hydrogens (tertiary/aromatic N) is 4. The predicted molar refractivity (Wildman–Crippen MR) is 140 cm³/mol. The zero-order valence-electron chi connectivity index (χ0n) is 20.3. The number of carbonyl (C=O) groups is 1. The Labute approximate surface area is 210 Å². The highest BCUT2D eigenvalue weighted by Crippen LogP contribution is 2.24. The van der Waals surface area contributed by atoms with Crippen molar-refractivity contribution in [2.45, 2.75) is 32.4 Å². The number of nitrogens with one attached hydrogen (secondary N) is 1. The van der Waals surface area contributed by atoms with E-state index in [1.807, 2.05) is 48.0 Å². The average molecular weight is 483 g/mol. The van der Waals surface area contributed by atoms with Crippen LogP contribution in [0, 0.1) is 6.92 Å². The minimum Gasteiger partial charge on any atom is -0.508 e. The number of carbonyl (C=O) groups excluding carboxylic acids is 1. The molecule has 1 amide bonds. The van der Waals surface area contributed by atoms with E-state index in [9.17, 15) is 9.90 Å². The molecular formula is C28H30N6O2. The van der Waals surface area contributed by atoms with E-state index in [1.54, 1.807) is 30.7 Å². The number of amides is 1. The zero-order valence-corrected chi connectivity index (χ0v) is 20.3. The SMILES string of the molecule is Cc1cn(-c2cc(CN3CCC[C@H](N)C3)cc(NC(=O)c3cc(-c4ccc(O)cc4)ccn3)c2)cn1. The van der Waals surface area contributed by atoms with Crippen LogP contribution in [-0.4, -0.2) is 49.6 Å². The Bertz CT molecular complexity index is 1360. The first-order chi connectivity index (χ1) is 17.4. The topological polar surface area (TPSA) is 109 Å². The number of phenolic OH excluding ortho intramolecular Hbond substituents is 1. The highest BCUT2D eigenvalue weighted by Gasteiger charge is 2.18. The van der Waals surface area contributed by atoms with Crippen molar-refractivity contribution in [3.05, 3.63) is 90.3 Å². The molecule has 1 atom stereocenters. The van der Waals surface area contributed by atoms with Gasteiger partial charge in [-0.3, -0.25) is 14.7 Å². The molecule has 2 aromatic heterocycles. The second-order valence-corrected chi connectivity index (χ2v) is 9.38. The van der Waals surface area contributed by atoms with Crippen molar-refractivity contribution in [1.29, 1.82) is 0 Å². The molecule has 2 aromatic carbocycles. The number of aromatic hydroxyl groups is 1. The van der Waals surface area contributed by atoms with Crippen molar-refractivity contribution in [3.8, 4) is 22.6 Å². The maximum Gasteiger partial charge on any atom is 0.274 e. The number of likely N-dealkylation sites (tertiary alicyclic amines) is 1. The van der Waals surface area contributed by atoms with Crippen LogP contribution in [0.3, 0.4) is 0 Å². The quantitative estimate of drug-likeness (QED) is 0.381. The number of rotatable bonds is 6. The molecular weight excluding hydrogens is 452 g/mol. The van der Waals surface area contributed by atoms with Crippen LogP contribution in [0.2, 0.25) is 0 Å². The molecule has 0 saturated carbocycles. The van der Waals surface area contributed by atoms with Crippen molar-refractivity contribution in [1.82, 2.24) is 19.4 Å². The Kier molecular flexibility index (Phi) is 6.79. The molecule has 4 N–H and O–H groups in total. The fourth-order valence-corrected chi connectivity index (χ4v) is 4.63.